The van der Waals surface area contributed by atoms with Crippen LogP contribution >= 0.6 is 0 Å². The molecule has 1 saturated carbocycles. The van der Waals surface area contributed by atoms with Crippen molar-refractivity contribution in [2.24, 2.45) is 5.92 Å². The van der Waals surface area contributed by atoms with E-state index in [1.54, 1.807) is 91.0 Å². The average Bonchev–Trinajstić information content (AvgIpc) is 2.69. The molecule has 24 heteroatoms. The summed E-state index contributed by atoms with van der Waals surface area (Å²) in [5.74, 6) is -2.27. The summed E-state index contributed by atoms with van der Waals surface area (Å²) in [5.41, 5.74) is 3.46. The normalized spacial score (nSPS) is 11.8. The summed E-state index contributed by atoms with van der Waals surface area (Å²) in [4.78, 5) is 85.0. The van der Waals surface area contributed by atoms with Crippen LogP contribution in [0.15, 0.2) is 189 Å². The summed E-state index contributed by atoms with van der Waals surface area (Å²) in [7, 11) is 0. The summed E-state index contributed by atoms with van der Waals surface area (Å²) in [6.07, 6.45) is 3.83. The van der Waals surface area contributed by atoms with Gasteiger partial charge < -0.3 is 27.8 Å². The van der Waals surface area contributed by atoms with E-state index in [1.165, 1.54) is 73.2 Å². The Labute approximate surface area is 505 Å². The molecule has 3 aromatic heterocycles. The minimum atomic E-state index is -0.861. The third kappa shape index (κ3) is 17.4. The van der Waals surface area contributed by atoms with Gasteiger partial charge in [0.25, 0.3) is 35.4 Å². The number of nitrogens with one attached hydrogen (secondary N) is 3. The Morgan fingerprint density at radius 1 is 0.449 bits per heavy atom. The molecule has 0 bridgehead atoms. The minimum absolute atomic E-state index is 0.0208. The van der Waals surface area contributed by atoms with Crippen molar-refractivity contribution in [2.75, 3.05) is 13.2 Å². The van der Waals surface area contributed by atoms with Crippen LogP contribution < -0.4 is 16.0 Å². The van der Waals surface area contributed by atoms with Crippen LogP contribution in [0, 0.1) is 23.4 Å². The van der Waals surface area contributed by atoms with E-state index >= 15 is 0 Å². The zero-order valence-corrected chi connectivity index (χ0v) is 47.4. The monoisotopic (exact) mass is 1210 g/mol. The summed E-state index contributed by atoms with van der Waals surface area (Å²) >= 11 is 0. The van der Waals surface area contributed by atoms with Crippen LogP contribution in [0.3, 0.4) is 0 Å². The molecule has 0 unspecified atom stereocenters. The van der Waals surface area contributed by atoms with Gasteiger partial charge in [0.15, 0.2) is 0 Å². The number of amides is 6. The highest BCUT2D eigenvalue weighted by Crippen LogP contribution is 2.29. The zero-order valence-electron chi connectivity index (χ0n) is 47.4. The molecule has 1 aliphatic carbocycles. The van der Waals surface area contributed by atoms with Gasteiger partial charge in [-0.1, -0.05) is 145 Å². The van der Waals surface area contributed by atoms with Crippen molar-refractivity contribution >= 4 is 36.0 Å². The number of alkyl carbamates (subject to hydrolysis) is 3. The van der Waals surface area contributed by atoms with Gasteiger partial charge in [-0.15, -0.1) is 0 Å². The van der Waals surface area contributed by atoms with Gasteiger partial charge in [-0.3, -0.25) is 30.3 Å². The lowest BCUT2D eigenvalue weighted by atomic mass is 9.90. The fourth-order valence-electron chi connectivity index (χ4n) is 8.72. The van der Waals surface area contributed by atoms with Crippen molar-refractivity contribution in [2.45, 2.75) is 52.1 Å². The van der Waals surface area contributed by atoms with E-state index in [2.05, 4.69) is 46.4 Å². The topological polar surface area (TPSA) is 283 Å². The van der Waals surface area contributed by atoms with Crippen molar-refractivity contribution < 1.29 is 69.7 Å². The van der Waals surface area contributed by atoms with Gasteiger partial charge in [-0.25, -0.2) is 27.6 Å². The van der Waals surface area contributed by atoms with Gasteiger partial charge in [0, 0.05) is 33.4 Å². The van der Waals surface area contributed by atoms with Crippen LogP contribution in [0.2, 0.25) is 0 Å². The Morgan fingerprint density at radius 3 is 1.21 bits per heavy atom. The Balaban J connectivity index is 0.000000159. The quantitative estimate of drug-likeness (QED) is 0.0804. The Kier molecular flexibility index (Phi) is 21.3. The number of hydrogen-bond acceptors (Lipinski definition) is 18. The van der Waals surface area contributed by atoms with Crippen LogP contribution in [-0.4, -0.2) is 79.6 Å². The Bertz CT molecular complexity index is 4090. The molecular weight excluding hydrogens is 1160 g/mol. The molecule has 11 rings (SSSR count). The van der Waals surface area contributed by atoms with E-state index in [0.29, 0.717) is 35.6 Å². The number of aromatic nitrogens is 6. The summed E-state index contributed by atoms with van der Waals surface area (Å²) < 4.78 is 72.2. The minimum Gasteiger partial charge on any atom is -0.449 e. The molecule has 0 aliphatic heterocycles. The maximum Gasteiger partial charge on any atom is 0.414 e. The molecule has 452 valence electrons. The zero-order chi connectivity index (χ0) is 62.5. The number of halogens is 3. The predicted molar refractivity (Wildman–Crippen MR) is 314 cm³/mol. The lowest BCUT2D eigenvalue weighted by Crippen LogP contribution is -2.32. The molecule has 3 N–H and O–H groups in total. The molecule has 0 radical (unpaired) electrons. The number of benzene rings is 7. The third-order valence-electron chi connectivity index (χ3n) is 13.2. The Morgan fingerprint density at radius 2 is 0.820 bits per heavy atom. The van der Waals surface area contributed by atoms with Gasteiger partial charge in [-0.2, -0.15) is 15.0 Å². The predicted octanol–water partition coefficient (Wildman–Crippen LogP) is 13.4. The van der Waals surface area contributed by atoms with E-state index in [-0.39, 0.29) is 81.7 Å². The van der Waals surface area contributed by atoms with Crippen molar-refractivity contribution in [3.05, 3.63) is 216 Å². The largest absolute Gasteiger partial charge is 0.449 e. The maximum absolute atomic E-state index is 13.9. The molecule has 6 amide bonds. The number of carbonyl (C=O) groups excluding carboxylic acids is 6. The van der Waals surface area contributed by atoms with Gasteiger partial charge in [0.2, 0.25) is 17.5 Å². The van der Waals surface area contributed by atoms with E-state index in [9.17, 15) is 41.9 Å². The molecule has 0 saturated heterocycles. The average molecular weight is 1210 g/mol. The summed E-state index contributed by atoms with van der Waals surface area (Å²) in [6, 6.07) is 46.3. The second-order valence-corrected chi connectivity index (χ2v) is 19.6. The Hall–Kier alpha value is -11.4. The highest BCUT2D eigenvalue weighted by Gasteiger charge is 2.22. The number of ether oxygens (including phenoxy) is 3. The number of nitrogens with zero attached hydrogens (tertiary/aromatic N) is 6. The molecule has 0 spiro atoms. The smallest absolute Gasteiger partial charge is 0.414 e. The second kappa shape index (κ2) is 30.6. The van der Waals surface area contributed by atoms with Crippen molar-refractivity contribution in [1.29, 1.82) is 0 Å². The first-order chi connectivity index (χ1) is 43.3. The van der Waals surface area contributed by atoms with Gasteiger partial charge in [0.1, 0.15) is 24.1 Å². The SMILES string of the molecule is CCCOC(=O)NC(=O)c1cccc(-c2noc(-c3ccccc3F)n2)c1.O=C(NC(=O)c1cccc(-c2noc(-c3ccccc3F)n2)c1)OCC1CCCCC1.O=C(NC(=O)c1cccc(-c2noc(-c3ccccc3F)n2)c1)OCc1ccccc1. The standard InChI is InChI=1S/C23H22FN3O4.C23H16FN3O4.C19H16FN3O4/c2*24-19-12-5-4-11-18(19)22-25-20(27-31-22)16-9-6-10-17(13-16)21(28)26-23(29)30-14-15-7-2-1-3-8-15;1-2-10-26-19(25)22-17(24)13-7-5-6-12(11-13)16-21-18(27-23-16)14-8-3-4-9-15(14)20/h4-6,9-13,15H,1-3,7-8,14H2,(H,26,28,29);1-13H,14H2,(H,26,28,29);3-9,11H,2,10H2,1H3,(H,22,24,25). The van der Waals surface area contributed by atoms with Crippen LogP contribution in [-0.2, 0) is 20.8 Å². The molecule has 0 atom stereocenters. The fraction of sp³-hybridized carbons (Fsp3) is 0.169. The van der Waals surface area contributed by atoms with Crippen LogP contribution in [0.4, 0.5) is 27.6 Å². The lowest BCUT2D eigenvalue weighted by Gasteiger charge is -2.20. The van der Waals surface area contributed by atoms with E-state index < -0.39 is 53.5 Å². The first-order valence-corrected chi connectivity index (χ1v) is 27.8. The van der Waals surface area contributed by atoms with Crippen LogP contribution in [0.1, 0.15) is 82.1 Å². The summed E-state index contributed by atoms with van der Waals surface area (Å²) in [5, 5.41) is 18.1. The molecule has 3 heterocycles. The number of rotatable bonds is 15. The first-order valence-electron chi connectivity index (χ1n) is 27.8. The maximum atomic E-state index is 13.9. The number of imide groups is 3. The highest BCUT2D eigenvalue weighted by atomic mass is 19.1. The highest BCUT2D eigenvalue weighted by molar-refractivity contribution is 6.05. The van der Waals surface area contributed by atoms with Crippen molar-refractivity contribution in [1.82, 2.24) is 46.4 Å². The van der Waals surface area contributed by atoms with E-state index in [4.69, 9.17) is 27.8 Å². The van der Waals surface area contributed by atoms with E-state index in [1.807, 2.05) is 25.1 Å². The van der Waals surface area contributed by atoms with Gasteiger partial charge in [-0.05, 0) is 104 Å². The van der Waals surface area contributed by atoms with Crippen molar-refractivity contribution in [3.63, 3.8) is 0 Å². The molecule has 10 aromatic rings. The number of carbonyl (C=O) groups is 6. The lowest BCUT2D eigenvalue weighted by molar-refractivity contribution is 0.0875. The summed E-state index contributed by atoms with van der Waals surface area (Å²) in [6.45, 7) is 2.43. The molecule has 89 heavy (non-hydrogen) atoms. The van der Waals surface area contributed by atoms with Gasteiger partial charge in [0.05, 0.1) is 29.9 Å². The molecule has 1 fully saturated rings. The molecule has 1 aliphatic rings. The molecule has 21 nitrogen and oxygen atoms in total. The van der Waals surface area contributed by atoms with Crippen LogP contribution in [0.25, 0.3) is 68.5 Å². The number of hydrogen-bond donors (Lipinski definition) is 3. The van der Waals surface area contributed by atoms with Gasteiger partial charge >= 0.3 is 18.3 Å². The first kappa shape index (κ1) is 62.1. The second-order valence-electron chi connectivity index (χ2n) is 19.6. The third-order valence-corrected chi connectivity index (χ3v) is 13.2. The van der Waals surface area contributed by atoms with Crippen molar-refractivity contribution in [3.8, 4) is 68.5 Å². The fourth-order valence-corrected chi connectivity index (χ4v) is 8.72. The van der Waals surface area contributed by atoms with E-state index in [0.717, 1.165) is 31.2 Å². The molecule has 7 aromatic carbocycles. The van der Waals surface area contributed by atoms with Crippen LogP contribution in [0.5, 0.6) is 0 Å². The molecular formula is C65H54F3N9O12.